The van der Waals surface area contributed by atoms with Gasteiger partial charge in [0.15, 0.2) is 0 Å². The molecule has 2 aromatic rings. The molecular weight excluding hydrogens is 286 g/mol. The van der Waals surface area contributed by atoms with E-state index in [1.807, 2.05) is 26.8 Å². The lowest BCUT2D eigenvalue weighted by molar-refractivity contribution is 0.0934. The van der Waals surface area contributed by atoms with E-state index in [1.165, 1.54) is 11.3 Å². The van der Waals surface area contributed by atoms with Crippen LogP contribution < -0.4 is 11.1 Å². The summed E-state index contributed by atoms with van der Waals surface area (Å²) >= 11 is 1.39. The van der Waals surface area contributed by atoms with Gasteiger partial charge in [-0.25, -0.2) is 0 Å². The van der Waals surface area contributed by atoms with Crippen molar-refractivity contribution in [2.24, 2.45) is 0 Å². The molecule has 4 N–H and O–H groups in total. The standard InChI is InChI=1S/C15H21N3O2S/c1-4-10(5-6-19)18-15(20)14-13(16)12-9(3)17-8(2)7-11(12)21-14/h7,10,19H,4-6,16H2,1-3H3,(H,18,20). The Morgan fingerprint density at radius 1 is 1.52 bits per heavy atom. The van der Waals surface area contributed by atoms with Crippen molar-refractivity contribution < 1.29 is 9.90 Å². The third-order valence-electron chi connectivity index (χ3n) is 3.53. The smallest absolute Gasteiger partial charge is 0.263 e. The molecule has 1 unspecified atom stereocenters. The lowest BCUT2D eigenvalue weighted by Gasteiger charge is -2.15. The highest BCUT2D eigenvalue weighted by atomic mass is 32.1. The van der Waals surface area contributed by atoms with Gasteiger partial charge in [-0.15, -0.1) is 11.3 Å². The van der Waals surface area contributed by atoms with Crippen molar-refractivity contribution >= 4 is 33.0 Å². The summed E-state index contributed by atoms with van der Waals surface area (Å²) < 4.78 is 0.984. The maximum atomic E-state index is 12.4. The predicted octanol–water partition coefficient (Wildman–Crippen LogP) is 2.39. The lowest BCUT2D eigenvalue weighted by Crippen LogP contribution is -2.34. The van der Waals surface area contributed by atoms with Crippen LogP contribution in [-0.4, -0.2) is 28.6 Å². The average Bonchev–Trinajstić information content (AvgIpc) is 2.75. The maximum absolute atomic E-state index is 12.4. The molecule has 0 saturated heterocycles. The molecule has 1 amide bonds. The van der Waals surface area contributed by atoms with Gasteiger partial charge in [-0.2, -0.15) is 0 Å². The minimum Gasteiger partial charge on any atom is -0.397 e. The number of aryl methyl sites for hydroxylation is 2. The first-order valence-corrected chi connectivity index (χ1v) is 7.87. The molecule has 0 aliphatic rings. The molecule has 6 heteroatoms. The van der Waals surface area contributed by atoms with E-state index >= 15 is 0 Å². The third-order valence-corrected chi connectivity index (χ3v) is 4.68. The Labute approximate surface area is 128 Å². The zero-order valence-electron chi connectivity index (χ0n) is 12.6. The van der Waals surface area contributed by atoms with Crippen molar-refractivity contribution in [1.29, 1.82) is 0 Å². The second-order valence-corrected chi connectivity index (χ2v) is 6.21. The first kappa shape index (κ1) is 15.7. The number of carbonyl (C=O) groups excluding carboxylic acids is 1. The van der Waals surface area contributed by atoms with Crippen LogP contribution >= 0.6 is 11.3 Å². The minimum absolute atomic E-state index is 0.0342. The Morgan fingerprint density at radius 3 is 2.86 bits per heavy atom. The van der Waals surface area contributed by atoms with Gasteiger partial charge in [0.25, 0.3) is 5.91 Å². The number of rotatable bonds is 5. The Hall–Kier alpha value is -1.66. The van der Waals surface area contributed by atoms with Crippen molar-refractivity contribution in [2.45, 2.75) is 39.7 Å². The number of nitrogens with one attached hydrogen (secondary N) is 1. The van der Waals surface area contributed by atoms with Crippen molar-refractivity contribution in [3.8, 4) is 0 Å². The van der Waals surface area contributed by atoms with E-state index in [0.717, 1.165) is 27.9 Å². The number of fused-ring (bicyclic) bond motifs is 1. The molecule has 1 atom stereocenters. The van der Waals surface area contributed by atoms with Gasteiger partial charge in [-0.1, -0.05) is 6.92 Å². The lowest BCUT2D eigenvalue weighted by atomic mass is 10.1. The minimum atomic E-state index is -0.175. The highest BCUT2D eigenvalue weighted by molar-refractivity contribution is 7.21. The molecule has 0 bridgehead atoms. The number of aliphatic hydroxyl groups is 1. The molecule has 0 fully saturated rings. The number of nitrogen functional groups attached to an aromatic ring is 1. The van der Waals surface area contributed by atoms with Crippen LogP contribution in [0.1, 0.15) is 40.8 Å². The van der Waals surface area contributed by atoms with Gasteiger partial charge in [-0.3, -0.25) is 9.78 Å². The summed E-state index contributed by atoms with van der Waals surface area (Å²) in [6.45, 7) is 5.87. The van der Waals surface area contributed by atoms with Gasteiger partial charge >= 0.3 is 0 Å². The fourth-order valence-corrected chi connectivity index (χ4v) is 3.61. The summed E-state index contributed by atoms with van der Waals surface area (Å²) in [6, 6.07) is 1.92. The van der Waals surface area contributed by atoms with Gasteiger partial charge in [0.05, 0.1) is 5.69 Å². The molecule has 5 nitrogen and oxygen atoms in total. The Morgan fingerprint density at radius 2 is 2.24 bits per heavy atom. The topological polar surface area (TPSA) is 88.2 Å². The average molecular weight is 307 g/mol. The number of hydrogen-bond donors (Lipinski definition) is 3. The zero-order valence-corrected chi connectivity index (χ0v) is 13.4. The SMILES string of the molecule is CCC(CCO)NC(=O)c1sc2cc(C)nc(C)c2c1N. The summed E-state index contributed by atoms with van der Waals surface area (Å²) in [4.78, 5) is 17.3. The number of nitrogens with zero attached hydrogens (tertiary/aromatic N) is 1. The van der Waals surface area contributed by atoms with Gasteiger partial charge in [-0.05, 0) is 32.8 Å². The van der Waals surface area contributed by atoms with E-state index in [2.05, 4.69) is 10.3 Å². The highest BCUT2D eigenvalue weighted by Gasteiger charge is 2.20. The second kappa shape index (κ2) is 6.41. The van der Waals surface area contributed by atoms with Crippen LogP contribution in [0.4, 0.5) is 5.69 Å². The van der Waals surface area contributed by atoms with Gasteiger partial charge in [0.2, 0.25) is 0 Å². The fraction of sp³-hybridized carbons (Fsp3) is 0.467. The van der Waals surface area contributed by atoms with Crippen LogP contribution in [0.3, 0.4) is 0 Å². The molecule has 0 radical (unpaired) electrons. The number of thiophene rings is 1. The van der Waals surface area contributed by atoms with Gasteiger partial charge < -0.3 is 16.2 Å². The molecule has 0 saturated carbocycles. The first-order valence-electron chi connectivity index (χ1n) is 7.05. The van der Waals surface area contributed by atoms with E-state index < -0.39 is 0 Å². The predicted molar refractivity (Wildman–Crippen MR) is 86.8 cm³/mol. The normalized spacial score (nSPS) is 12.6. The summed E-state index contributed by atoms with van der Waals surface area (Å²) in [7, 11) is 0. The number of carbonyl (C=O) groups is 1. The van der Waals surface area contributed by atoms with Crippen LogP contribution in [0, 0.1) is 13.8 Å². The molecule has 2 heterocycles. The number of anilines is 1. The number of aromatic nitrogens is 1. The van der Waals surface area contributed by atoms with Crippen molar-refractivity contribution in [1.82, 2.24) is 10.3 Å². The molecule has 114 valence electrons. The van der Waals surface area contributed by atoms with Crippen molar-refractivity contribution in [3.05, 3.63) is 22.3 Å². The molecule has 0 spiro atoms. The summed E-state index contributed by atoms with van der Waals surface area (Å²) in [5.41, 5.74) is 8.40. The van der Waals surface area contributed by atoms with Crippen LogP contribution in [0.25, 0.3) is 10.1 Å². The number of hydrogen-bond acceptors (Lipinski definition) is 5. The molecule has 0 aliphatic heterocycles. The molecule has 21 heavy (non-hydrogen) atoms. The van der Waals surface area contributed by atoms with Crippen LogP contribution in [0.5, 0.6) is 0 Å². The van der Waals surface area contributed by atoms with Crippen molar-refractivity contribution in [3.63, 3.8) is 0 Å². The Balaban J connectivity index is 2.36. The Bertz CT molecular complexity index is 666. The van der Waals surface area contributed by atoms with E-state index in [4.69, 9.17) is 10.8 Å². The summed E-state index contributed by atoms with van der Waals surface area (Å²) in [5, 5.41) is 12.8. The summed E-state index contributed by atoms with van der Waals surface area (Å²) in [5.74, 6) is -0.175. The van der Waals surface area contributed by atoms with E-state index in [-0.39, 0.29) is 18.6 Å². The summed E-state index contributed by atoms with van der Waals surface area (Å²) in [6.07, 6.45) is 1.32. The van der Waals surface area contributed by atoms with Crippen LogP contribution in [0.15, 0.2) is 6.07 Å². The highest BCUT2D eigenvalue weighted by Crippen LogP contribution is 2.35. The Kier molecular flexibility index (Phi) is 4.80. The van der Waals surface area contributed by atoms with Crippen molar-refractivity contribution in [2.75, 3.05) is 12.3 Å². The quantitative estimate of drug-likeness (QED) is 0.791. The fourth-order valence-electron chi connectivity index (χ4n) is 2.43. The largest absolute Gasteiger partial charge is 0.397 e. The van der Waals surface area contributed by atoms with Gasteiger partial charge in [0, 0.05) is 34.1 Å². The number of aliphatic hydroxyl groups excluding tert-OH is 1. The molecule has 2 aromatic heterocycles. The number of amides is 1. The maximum Gasteiger partial charge on any atom is 0.263 e. The monoisotopic (exact) mass is 307 g/mol. The second-order valence-electron chi connectivity index (χ2n) is 5.16. The molecule has 0 aliphatic carbocycles. The van der Waals surface area contributed by atoms with Crippen LogP contribution in [-0.2, 0) is 0 Å². The van der Waals surface area contributed by atoms with E-state index in [9.17, 15) is 4.79 Å². The van der Waals surface area contributed by atoms with Crippen LogP contribution in [0.2, 0.25) is 0 Å². The number of nitrogens with two attached hydrogens (primary N) is 1. The zero-order chi connectivity index (χ0) is 15.6. The molecular formula is C15H21N3O2S. The first-order chi connectivity index (χ1) is 9.97. The van der Waals surface area contributed by atoms with E-state index in [1.54, 1.807) is 0 Å². The third kappa shape index (κ3) is 3.16. The molecule has 2 rings (SSSR count). The number of pyridine rings is 1. The van der Waals surface area contributed by atoms with Gasteiger partial charge in [0.1, 0.15) is 4.88 Å². The molecule has 0 aromatic carbocycles. The van der Waals surface area contributed by atoms with E-state index in [0.29, 0.717) is 17.0 Å².